The number of benzene rings is 1. The summed E-state index contributed by atoms with van der Waals surface area (Å²) < 4.78 is 2.14. The maximum Gasteiger partial charge on any atom is 0.337 e. The maximum atomic E-state index is 11.1. The first-order valence-electron chi connectivity index (χ1n) is 6.04. The van der Waals surface area contributed by atoms with Gasteiger partial charge in [-0.1, -0.05) is 6.07 Å². The number of fused-ring (bicyclic) bond motifs is 1. The van der Waals surface area contributed by atoms with Crippen molar-refractivity contribution in [1.82, 2.24) is 9.55 Å². The van der Waals surface area contributed by atoms with Gasteiger partial charge in [-0.25, -0.2) is 9.78 Å². The van der Waals surface area contributed by atoms with E-state index in [-0.39, 0.29) is 5.56 Å². The molecule has 0 atom stereocenters. The quantitative estimate of drug-likeness (QED) is 0.904. The van der Waals surface area contributed by atoms with Crippen LogP contribution in [0.15, 0.2) is 24.5 Å². The third kappa shape index (κ3) is 1.88. The van der Waals surface area contributed by atoms with E-state index in [9.17, 15) is 4.79 Å². The predicted molar refractivity (Wildman–Crippen MR) is 72.3 cm³/mol. The second-order valence-electron chi connectivity index (χ2n) is 4.47. The summed E-state index contributed by atoms with van der Waals surface area (Å²) in [6, 6.07) is 5.82. The van der Waals surface area contributed by atoms with E-state index in [4.69, 9.17) is 5.11 Å². The lowest BCUT2D eigenvalue weighted by molar-refractivity contribution is 0.0699. The van der Waals surface area contributed by atoms with Gasteiger partial charge in [0.1, 0.15) is 5.52 Å². The molecule has 1 saturated heterocycles. The van der Waals surface area contributed by atoms with Crippen molar-refractivity contribution in [3.05, 3.63) is 30.1 Å². The first-order valence-corrected chi connectivity index (χ1v) is 7.19. The van der Waals surface area contributed by atoms with Gasteiger partial charge in [0.05, 0.1) is 17.4 Å². The van der Waals surface area contributed by atoms with Gasteiger partial charge in [0, 0.05) is 6.04 Å². The van der Waals surface area contributed by atoms with Crippen LogP contribution >= 0.6 is 11.8 Å². The molecule has 18 heavy (non-hydrogen) atoms. The number of para-hydroxylation sites is 1. The van der Waals surface area contributed by atoms with Crippen LogP contribution in [0, 0.1) is 0 Å². The molecule has 0 aliphatic carbocycles. The van der Waals surface area contributed by atoms with Crippen LogP contribution in [0.25, 0.3) is 11.0 Å². The Morgan fingerprint density at radius 1 is 1.39 bits per heavy atom. The van der Waals surface area contributed by atoms with E-state index in [2.05, 4.69) is 9.55 Å². The summed E-state index contributed by atoms with van der Waals surface area (Å²) in [4.78, 5) is 15.4. The summed E-state index contributed by atoms with van der Waals surface area (Å²) >= 11 is 1.98. The van der Waals surface area contributed by atoms with Crippen LogP contribution in [0.5, 0.6) is 0 Å². The highest BCUT2D eigenvalue weighted by molar-refractivity contribution is 7.99. The van der Waals surface area contributed by atoms with E-state index < -0.39 is 5.97 Å². The Balaban J connectivity index is 2.08. The van der Waals surface area contributed by atoms with Crippen LogP contribution in [-0.4, -0.2) is 32.1 Å². The molecule has 1 aliphatic rings. The van der Waals surface area contributed by atoms with Crippen molar-refractivity contribution in [3.63, 3.8) is 0 Å². The number of nitrogens with zero attached hydrogens (tertiary/aromatic N) is 2. The number of carbonyl (C=O) groups is 1. The van der Waals surface area contributed by atoms with E-state index in [0.717, 1.165) is 18.4 Å². The Kier molecular flexibility index (Phi) is 2.99. The Morgan fingerprint density at radius 2 is 2.17 bits per heavy atom. The molecule has 3 rings (SSSR count). The number of hydrogen-bond acceptors (Lipinski definition) is 3. The lowest BCUT2D eigenvalue weighted by Crippen LogP contribution is -2.14. The van der Waals surface area contributed by atoms with E-state index >= 15 is 0 Å². The Hall–Kier alpha value is -1.49. The maximum absolute atomic E-state index is 11.1. The summed E-state index contributed by atoms with van der Waals surface area (Å²) in [5.74, 6) is 1.43. The molecule has 1 fully saturated rings. The number of carboxylic acids is 1. The molecule has 4 nitrogen and oxygen atoms in total. The molecule has 1 aromatic heterocycles. The minimum Gasteiger partial charge on any atom is -0.478 e. The van der Waals surface area contributed by atoms with Gasteiger partial charge in [0.2, 0.25) is 0 Å². The Bertz CT molecular complexity index is 588. The highest BCUT2D eigenvalue weighted by atomic mass is 32.2. The molecule has 5 heteroatoms. The second-order valence-corrected chi connectivity index (χ2v) is 5.70. The predicted octanol–water partition coefficient (Wildman–Crippen LogP) is 2.80. The SMILES string of the molecule is O=C(O)c1cccc2c1ncn2C1CCSCC1. The molecule has 0 spiro atoms. The summed E-state index contributed by atoms with van der Waals surface area (Å²) in [6.07, 6.45) is 4.05. The zero-order chi connectivity index (χ0) is 12.5. The Morgan fingerprint density at radius 3 is 2.89 bits per heavy atom. The lowest BCUT2D eigenvalue weighted by Gasteiger charge is -2.23. The van der Waals surface area contributed by atoms with Crippen molar-refractivity contribution in [2.45, 2.75) is 18.9 Å². The van der Waals surface area contributed by atoms with E-state index in [1.165, 1.54) is 11.5 Å². The van der Waals surface area contributed by atoms with Crippen LogP contribution in [0.1, 0.15) is 29.2 Å². The third-order valence-electron chi connectivity index (χ3n) is 3.42. The highest BCUT2D eigenvalue weighted by Gasteiger charge is 2.19. The molecule has 0 bridgehead atoms. The van der Waals surface area contributed by atoms with Crippen molar-refractivity contribution >= 4 is 28.8 Å². The van der Waals surface area contributed by atoms with Gasteiger partial charge in [0.15, 0.2) is 0 Å². The average molecular weight is 262 g/mol. The van der Waals surface area contributed by atoms with Crippen LogP contribution in [0.3, 0.4) is 0 Å². The van der Waals surface area contributed by atoms with Crippen molar-refractivity contribution in [1.29, 1.82) is 0 Å². The molecule has 1 aromatic carbocycles. The number of aromatic nitrogens is 2. The van der Waals surface area contributed by atoms with Gasteiger partial charge >= 0.3 is 5.97 Å². The standard InChI is InChI=1S/C13H14N2O2S/c16-13(17)10-2-1-3-11-12(10)14-8-15(11)9-4-6-18-7-5-9/h1-3,8-9H,4-7H2,(H,16,17). The number of rotatable bonds is 2. The second kappa shape index (κ2) is 4.65. The fraction of sp³-hybridized carbons (Fsp3) is 0.385. The van der Waals surface area contributed by atoms with Crippen molar-refractivity contribution in [3.8, 4) is 0 Å². The monoisotopic (exact) mass is 262 g/mol. The van der Waals surface area contributed by atoms with Crippen molar-refractivity contribution in [2.75, 3.05) is 11.5 Å². The summed E-state index contributed by atoms with van der Waals surface area (Å²) in [5.41, 5.74) is 1.83. The Labute approximate surface area is 109 Å². The minimum absolute atomic E-state index is 0.288. The molecule has 0 amide bonds. The highest BCUT2D eigenvalue weighted by Crippen LogP contribution is 2.30. The molecule has 2 heterocycles. The molecule has 0 radical (unpaired) electrons. The molecule has 2 aromatic rings. The van der Waals surface area contributed by atoms with Crippen LogP contribution in [-0.2, 0) is 0 Å². The molecule has 0 unspecified atom stereocenters. The molecule has 0 saturated carbocycles. The van der Waals surface area contributed by atoms with Gasteiger partial charge in [-0.2, -0.15) is 11.8 Å². The zero-order valence-corrected chi connectivity index (χ0v) is 10.7. The molecular weight excluding hydrogens is 248 g/mol. The summed E-state index contributed by atoms with van der Waals surface area (Å²) in [6.45, 7) is 0. The average Bonchev–Trinajstić information content (AvgIpc) is 2.83. The summed E-state index contributed by atoms with van der Waals surface area (Å²) in [7, 11) is 0. The van der Waals surface area contributed by atoms with E-state index in [1.807, 2.05) is 17.8 Å². The first-order chi connectivity index (χ1) is 8.77. The van der Waals surface area contributed by atoms with Crippen molar-refractivity contribution < 1.29 is 9.90 Å². The number of aromatic carboxylic acids is 1. The third-order valence-corrected chi connectivity index (χ3v) is 4.47. The minimum atomic E-state index is -0.912. The number of carboxylic acid groups (broad SMARTS) is 1. The fourth-order valence-electron chi connectivity index (χ4n) is 2.48. The topological polar surface area (TPSA) is 55.1 Å². The molecule has 1 N–H and O–H groups in total. The number of imidazole rings is 1. The molecular formula is C13H14N2O2S. The van der Waals surface area contributed by atoms with E-state index in [0.29, 0.717) is 11.6 Å². The first kappa shape index (κ1) is 11.6. The zero-order valence-electron chi connectivity index (χ0n) is 9.87. The largest absolute Gasteiger partial charge is 0.478 e. The van der Waals surface area contributed by atoms with Gasteiger partial charge in [0.25, 0.3) is 0 Å². The normalized spacial score (nSPS) is 17.1. The molecule has 94 valence electrons. The van der Waals surface area contributed by atoms with Gasteiger partial charge in [-0.05, 0) is 36.5 Å². The van der Waals surface area contributed by atoms with Crippen molar-refractivity contribution in [2.24, 2.45) is 0 Å². The fourth-order valence-corrected chi connectivity index (χ4v) is 3.57. The smallest absolute Gasteiger partial charge is 0.337 e. The lowest BCUT2D eigenvalue weighted by atomic mass is 10.1. The van der Waals surface area contributed by atoms with Gasteiger partial charge < -0.3 is 9.67 Å². The van der Waals surface area contributed by atoms with Gasteiger partial charge in [-0.15, -0.1) is 0 Å². The summed E-state index contributed by atoms with van der Waals surface area (Å²) in [5, 5.41) is 9.15. The van der Waals surface area contributed by atoms with Crippen LogP contribution in [0.2, 0.25) is 0 Å². The van der Waals surface area contributed by atoms with Gasteiger partial charge in [-0.3, -0.25) is 0 Å². The van der Waals surface area contributed by atoms with E-state index in [1.54, 1.807) is 18.5 Å². The number of thioether (sulfide) groups is 1. The number of hydrogen-bond donors (Lipinski definition) is 1. The molecule has 1 aliphatic heterocycles. The van der Waals surface area contributed by atoms with Crippen LogP contribution in [0.4, 0.5) is 0 Å². The van der Waals surface area contributed by atoms with Crippen LogP contribution < -0.4 is 0 Å².